The Labute approximate surface area is 108 Å². The first-order chi connectivity index (χ1) is 8.58. The number of ether oxygens (including phenoxy) is 1. The summed E-state index contributed by atoms with van der Waals surface area (Å²) in [6, 6.07) is 2.10. The zero-order chi connectivity index (χ0) is 13.1. The Kier molecular flexibility index (Phi) is 4.14. The molecular weight excluding hydrogens is 228 g/mol. The molecule has 1 aromatic rings. The normalized spacial score (nSPS) is 22.3. The van der Waals surface area contributed by atoms with Crippen molar-refractivity contribution in [3.8, 4) is 0 Å². The van der Waals surface area contributed by atoms with Crippen LogP contribution in [0.5, 0.6) is 0 Å². The molecule has 1 saturated heterocycles. The monoisotopic (exact) mass is 250 g/mol. The van der Waals surface area contributed by atoms with Crippen LogP contribution in [0, 0.1) is 0 Å². The largest absolute Gasteiger partial charge is 0.373 e. The highest BCUT2D eigenvalue weighted by Gasteiger charge is 2.24. The van der Waals surface area contributed by atoms with E-state index in [4.69, 9.17) is 10.5 Å². The molecule has 0 aromatic carbocycles. The Hall–Kier alpha value is -1.20. The second kappa shape index (κ2) is 5.63. The maximum Gasteiger partial charge on any atom is 0.132 e. The van der Waals surface area contributed by atoms with Crippen molar-refractivity contribution in [3.05, 3.63) is 18.1 Å². The van der Waals surface area contributed by atoms with Gasteiger partial charge in [0.1, 0.15) is 12.1 Å². The summed E-state index contributed by atoms with van der Waals surface area (Å²) in [6.45, 7) is 8.61. The van der Waals surface area contributed by atoms with Gasteiger partial charge in [-0.05, 0) is 12.8 Å². The first kappa shape index (κ1) is 13.2. The van der Waals surface area contributed by atoms with Crippen molar-refractivity contribution in [1.82, 2.24) is 9.97 Å². The van der Waals surface area contributed by atoms with E-state index in [1.165, 1.54) is 0 Å². The molecule has 5 heteroatoms. The summed E-state index contributed by atoms with van der Waals surface area (Å²) < 4.78 is 5.66. The van der Waals surface area contributed by atoms with E-state index in [9.17, 15) is 0 Å². The fourth-order valence-corrected chi connectivity index (χ4v) is 2.05. The lowest BCUT2D eigenvalue weighted by Crippen LogP contribution is -2.49. The van der Waals surface area contributed by atoms with Gasteiger partial charge < -0.3 is 15.4 Å². The molecule has 0 saturated carbocycles. The zero-order valence-corrected chi connectivity index (χ0v) is 11.3. The van der Waals surface area contributed by atoms with Crippen molar-refractivity contribution in [1.29, 1.82) is 0 Å². The van der Waals surface area contributed by atoms with E-state index in [2.05, 4.69) is 34.8 Å². The van der Waals surface area contributed by atoms with Crippen molar-refractivity contribution in [2.24, 2.45) is 5.73 Å². The number of nitrogens with zero attached hydrogens (tertiary/aromatic N) is 3. The molecule has 1 fully saturated rings. The Balaban J connectivity index is 2.13. The fourth-order valence-electron chi connectivity index (χ4n) is 2.05. The molecule has 0 amide bonds. The van der Waals surface area contributed by atoms with Crippen molar-refractivity contribution in [2.45, 2.75) is 38.8 Å². The van der Waals surface area contributed by atoms with Gasteiger partial charge in [-0.2, -0.15) is 0 Å². The molecule has 0 bridgehead atoms. The van der Waals surface area contributed by atoms with Gasteiger partial charge >= 0.3 is 0 Å². The van der Waals surface area contributed by atoms with E-state index >= 15 is 0 Å². The van der Waals surface area contributed by atoms with Gasteiger partial charge in [-0.25, -0.2) is 9.97 Å². The van der Waals surface area contributed by atoms with E-state index in [1.807, 2.05) is 6.92 Å². The minimum absolute atomic E-state index is 0.0409. The second-order valence-corrected chi connectivity index (χ2v) is 5.17. The van der Waals surface area contributed by atoms with E-state index in [0.717, 1.165) is 24.6 Å². The lowest BCUT2D eigenvalue weighted by atomic mass is 10.1. The molecular formula is C13H22N4O. The topological polar surface area (TPSA) is 64.3 Å². The van der Waals surface area contributed by atoms with E-state index in [-0.39, 0.29) is 12.1 Å². The Bertz CT molecular complexity index is 394. The van der Waals surface area contributed by atoms with Crippen LogP contribution in [0.1, 0.15) is 32.4 Å². The molecule has 18 heavy (non-hydrogen) atoms. The van der Waals surface area contributed by atoms with Crippen molar-refractivity contribution < 1.29 is 4.74 Å². The molecule has 2 atom stereocenters. The molecule has 5 nitrogen and oxygen atoms in total. The highest BCUT2D eigenvalue weighted by Crippen LogP contribution is 2.19. The molecule has 1 aliphatic heterocycles. The molecule has 1 aliphatic rings. The summed E-state index contributed by atoms with van der Waals surface area (Å²) in [5, 5.41) is 0. The molecule has 0 radical (unpaired) electrons. The van der Waals surface area contributed by atoms with Crippen LogP contribution in [0.25, 0.3) is 0 Å². The molecule has 0 spiro atoms. The van der Waals surface area contributed by atoms with Crippen LogP contribution in [-0.4, -0.2) is 41.8 Å². The third-order valence-corrected chi connectivity index (χ3v) is 3.27. The van der Waals surface area contributed by atoms with Gasteiger partial charge in [-0.15, -0.1) is 0 Å². The maximum absolute atomic E-state index is 5.90. The van der Waals surface area contributed by atoms with Crippen molar-refractivity contribution >= 4 is 5.82 Å². The molecule has 2 unspecified atom stereocenters. The molecule has 2 N–H and O–H groups in total. The van der Waals surface area contributed by atoms with Crippen LogP contribution in [0.3, 0.4) is 0 Å². The van der Waals surface area contributed by atoms with E-state index < -0.39 is 0 Å². The molecule has 0 aliphatic carbocycles. The predicted octanol–water partition coefficient (Wildman–Crippen LogP) is 1.15. The highest BCUT2D eigenvalue weighted by molar-refractivity contribution is 5.40. The Morgan fingerprint density at radius 2 is 2.17 bits per heavy atom. The second-order valence-electron chi connectivity index (χ2n) is 5.17. The van der Waals surface area contributed by atoms with Crippen LogP contribution >= 0.6 is 0 Å². The third-order valence-electron chi connectivity index (χ3n) is 3.27. The summed E-state index contributed by atoms with van der Waals surface area (Å²) in [4.78, 5) is 10.9. The number of nitrogens with two attached hydrogens (primary N) is 1. The zero-order valence-electron chi connectivity index (χ0n) is 11.3. The lowest BCUT2D eigenvalue weighted by molar-refractivity contribution is 0.0273. The highest BCUT2D eigenvalue weighted by atomic mass is 16.5. The SMILES string of the molecule is CC(C)c1cc(N2CCOC(C(C)N)C2)ncn1. The van der Waals surface area contributed by atoms with E-state index in [0.29, 0.717) is 12.5 Å². The average Bonchev–Trinajstić information content (AvgIpc) is 2.39. The van der Waals surface area contributed by atoms with E-state index in [1.54, 1.807) is 6.33 Å². The van der Waals surface area contributed by atoms with Gasteiger partial charge in [0, 0.05) is 30.9 Å². The molecule has 2 rings (SSSR count). The first-order valence-electron chi connectivity index (χ1n) is 6.52. The Morgan fingerprint density at radius 1 is 1.39 bits per heavy atom. The molecule has 2 heterocycles. The van der Waals surface area contributed by atoms with Gasteiger partial charge in [-0.1, -0.05) is 13.8 Å². The first-order valence-corrected chi connectivity index (χ1v) is 6.52. The minimum atomic E-state index is 0.0409. The minimum Gasteiger partial charge on any atom is -0.373 e. The number of hydrogen-bond donors (Lipinski definition) is 1. The number of hydrogen-bond acceptors (Lipinski definition) is 5. The van der Waals surface area contributed by atoms with Crippen LogP contribution < -0.4 is 10.6 Å². The summed E-state index contributed by atoms with van der Waals surface area (Å²) in [6.07, 6.45) is 1.72. The average molecular weight is 250 g/mol. The van der Waals surface area contributed by atoms with Crippen LogP contribution in [-0.2, 0) is 4.74 Å². The number of anilines is 1. The lowest BCUT2D eigenvalue weighted by Gasteiger charge is -2.35. The van der Waals surface area contributed by atoms with Gasteiger partial charge in [0.05, 0.1) is 12.7 Å². The summed E-state index contributed by atoms with van der Waals surface area (Å²) in [5.41, 5.74) is 6.97. The summed E-state index contributed by atoms with van der Waals surface area (Å²) >= 11 is 0. The molecule has 1 aromatic heterocycles. The van der Waals surface area contributed by atoms with Crippen LogP contribution in [0.4, 0.5) is 5.82 Å². The van der Waals surface area contributed by atoms with Gasteiger partial charge in [0.15, 0.2) is 0 Å². The number of rotatable bonds is 3. The summed E-state index contributed by atoms with van der Waals surface area (Å²) in [5.74, 6) is 1.39. The number of aromatic nitrogens is 2. The predicted molar refractivity (Wildman–Crippen MR) is 71.7 cm³/mol. The van der Waals surface area contributed by atoms with Gasteiger partial charge in [-0.3, -0.25) is 0 Å². The standard InChI is InChI=1S/C13H22N4O/c1-9(2)11-6-13(16-8-15-11)17-4-5-18-12(7-17)10(3)14/h6,8-10,12H,4-5,7,14H2,1-3H3. The van der Waals surface area contributed by atoms with Gasteiger partial charge in [0.25, 0.3) is 0 Å². The number of morpholine rings is 1. The van der Waals surface area contributed by atoms with Crippen LogP contribution in [0.2, 0.25) is 0 Å². The van der Waals surface area contributed by atoms with Crippen LogP contribution in [0.15, 0.2) is 12.4 Å². The fraction of sp³-hybridized carbons (Fsp3) is 0.692. The van der Waals surface area contributed by atoms with Crippen molar-refractivity contribution in [2.75, 3.05) is 24.6 Å². The quantitative estimate of drug-likeness (QED) is 0.872. The van der Waals surface area contributed by atoms with Crippen molar-refractivity contribution in [3.63, 3.8) is 0 Å². The smallest absolute Gasteiger partial charge is 0.132 e. The molecule has 100 valence electrons. The maximum atomic E-state index is 5.90. The summed E-state index contributed by atoms with van der Waals surface area (Å²) in [7, 11) is 0. The Morgan fingerprint density at radius 3 is 2.83 bits per heavy atom. The third kappa shape index (κ3) is 2.97. The van der Waals surface area contributed by atoms with Gasteiger partial charge in [0.2, 0.25) is 0 Å².